The summed E-state index contributed by atoms with van der Waals surface area (Å²) in [5.41, 5.74) is 1.63. The summed E-state index contributed by atoms with van der Waals surface area (Å²) in [5.74, 6) is 0.648. The largest absolute Gasteiger partial charge is 0.465 e. The van der Waals surface area contributed by atoms with Crippen molar-refractivity contribution in [1.29, 1.82) is 0 Å². The van der Waals surface area contributed by atoms with Crippen LogP contribution < -0.4 is 4.74 Å². The molecule has 1 aromatic carbocycles. The third kappa shape index (κ3) is 5.39. The zero-order valence-corrected chi connectivity index (χ0v) is 14.2. The molecule has 1 atom stereocenters. The summed E-state index contributed by atoms with van der Waals surface area (Å²) < 4.78 is 16.5. The second-order valence-corrected chi connectivity index (χ2v) is 5.96. The first-order valence-corrected chi connectivity index (χ1v) is 8.37. The van der Waals surface area contributed by atoms with E-state index in [1.807, 2.05) is 51.1 Å². The zero-order valence-electron chi connectivity index (χ0n) is 14.2. The summed E-state index contributed by atoms with van der Waals surface area (Å²) in [6.07, 6.45) is 4.92. The van der Waals surface area contributed by atoms with Crippen molar-refractivity contribution in [3.8, 4) is 5.75 Å². The number of esters is 1. The zero-order chi connectivity index (χ0) is 16.7. The highest BCUT2D eigenvalue weighted by atomic mass is 16.7. The third-order valence-electron chi connectivity index (χ3n) is 3.74. The second kappa shape index (κ2) is 8.73. The predicted octanol–water partition coefficient (Wildman–Crippen LogP) is 4.19. The molecule has 23 heavy (non-hydrogen) atoms. The van der Waals surface area contributed by atoms with Crippen LogP contribution in [0.15, 0.2) is 29.8 Å². The van der Waals surface area contributed by atoms with Crippen LogP contribution in [0.2, 0.25) is 0 Å². The lowest BCUT2D eigenvalue weighted by Crippen LogP contribution is -2.24. The molecule has 4 nitrogen and oxygen atoms in total. The highest BCUT2D eigenvalue weighted by Gasteiger charge is 2.16. The van der Waals surface area contributed by atoms with Crippen molar-refractivity contribution in [2.45, 2.75) is 46.3 Å². The van der Waals surface area contributed by atoms with E-state index in [-0.39, 0.29) is 18.2 Å². The van der Waals surface area contributed by atoms with Gasteiger partial charge in [-0.05, 0) is 49.5 Å². The Balaban J connectivity index is 2.04. The molecule has 0 spiro atoms. The number of ether oxygens (including phenoxy) is 3. The van der Waals surface area contributed by atoms with Gasteiger partial charge in [0.25, 0.3) is 0 Å². The van der Waals surface area contributed by atoms with Crippen LogP contribution in [0.4, 0.5) is 0 Å². The van der Waals surface area contributed by atoms with E-state index in [1.165, 1.54) is 0 Å². The highest BCUT2D eigenvalue weighted by Crippen LogP contribution is 2.22. The highest BCUT2D eigenvalue weighted by molar-refractivity contribution is 5.94. The van der Waals surface area contributed by atoms with Gasteiger partial charge >= 0.3 is 5.97 Å². The molecule has 1 heterocycles. The minimum Gasteiger partial charge on any atom is -0.465 e. The molecular formula is C19H26O4. The van der Waals surface area contributed by atoms with E-state index in [0.717, 1.165) is 37.2 Å². The maximum atomic E-state index is 12.0. The molecule has 0 radical (unpaired) electrons. The van der Waals surface area contributed by atoms with Gasteiger partial charge in [-0.2, -0.15) is 0 Å². The van der Waals surface area contributed by atoms with E-state index in [4.69, 9.17) is 14.2 Å². The van der Waals surface area contributed by atoms with Crippen molar-refractivity contribution >= 4 is 12.0 Å². The standard InChI is InChI=1S/C19H26O4/c1-4-21-19(20)17(14(2)3)13-15-8-10-16(11-9-15)23-18-7-5-6-12-22-18/h8-11,13-14,18H,4-7,12H2,1-3H3. The summed E-state index contributed by atoms with van der Waals surface area (Å²) in [7, 11) is 0. The minimum atomic E-state index is -0.251. The number of carbonyl (C=O) groups excluding carboxylic acids is 1. The lowest BCUT2D eigenvalue weighted by molar-refractivity contribution is -0.138. The van der Waals surface area contributed by atoms with E-state index in [2.05, 4.69) is 0 Å². The van der Waals surface area contributed by atoms with Crippen molar-refractivity contribution < 1.29 is 19.0 Å². The normalized spacial score (nSPS) is 18.8. The Morgan fingerprint density at radius 1 is 1.30 bits per heavy atom. The molecule has 0 saturated carbocycles. The van der Waals surface area contributed by atoms with Crippen LogP contribution in [0.5, 0.6) is 5.75 Å². The van der Waals surface area contributed by atoms with Gasteiger partial charge < -0.3 is 14.2 Å². The van der Waals surface area contributed by atoms with Gasteiger partial charge in [0.2, 0.25) is 0 Å². The quantitative estimate of drug-likeness (QED) is 0.582. The third-order valence-corrected chi connectivity index (χ3v) is 3.74. The number of rotatable bonds is 6. The molecule has 1 fully saturated rings. The molecule has 1 saturated heterocycles. The van der Waals surface area contributed by atoms with Crippen molar-refractivity contribution in [1.82, 2.24) is 0 Å². The fraction of sp³-hybridized carbons (Fsp3) is 0.526. The average molecular weight is 318 g/mol. The Morgan fingerprint density at radius 3 is 2.61 bits per heavy atom. The SMILES string of the molecule is CCOC(=O)C(=Cc1ccc(OC2CCCCO2)cc1)C(C)C. The van der Waals surface area contributed by atoms with Crippen molar-refractivity contribution in [2.75, 3.05) is 13.2 Å². The fourth-order valence-corrected chi connectivity index (χ4v) is 2.45. The second-order valence-electron chi connectivity index (χ2n) is 5.96. The molecule has 2 rings (SSSR count). The molecule has 126 valence electrons. The lowest BCUT2D eigenvalue weighted by Gasteiger charge is -2.23. The molecule has 1 aromatic rings. The summed E-state index contributed by atoms with van der Waals surface area (Å²) >= 11 is 0. The van der Waals surface area contributed by atoms with Crippen molar-refractivity contribution in [3.63, 3.8) is 0 Å². The first-order chi connectivity index (χ1) is 11.1. The van der Waals surface area contributed by atoms with Gasteiger partial charge in [0.15, 0.2) is 6.29 Å². The smallest absolute Gasteiger partial charge is 0.334 e. The van der Waals surface area contributed by atoms with Crippen LogP contribution in [-0.2, 0) is 14.3 Å². The Labute approximate surface area is 138 Å². The van der Waals surface area contributed by atoms with Crippen LogP contribution >= 0.6 is 0 Å². The first kappa shape index (κ1) is 17.5. The molecule has 0 aliphatic carbocycles. The number of hydrogen-bond acceptors (Lipinski definition) is 4. The maximum absolute atomic E-state index is 12.0. The van der Waals surface area contributed by atoms with Gasteiger partial charge in [-0.25, -0.2) is 4.79 Å². The van der Waals surface area contributed by atoms with Crippen LogP contribution in [0.25, 0.3) is 6.08 Å². The minimum absolute atomic E-state index is 0.112. The Morgan fingerprint density at radius 2 is 2.04 bits per heavy atom. The maximum Gasteiger partial charge on any atom is 0.334 e. The van der Waals surface area contributed by atoms with Gasteiger partial charge in [0, 0.05) is 12.0 Å². The number of carbonyl (C=O) groups is 1. The lowest BCUT2D eigenvalue weighted by atomic mass is 10.0. The summed E-state index contributed by atoms with van der Waals surface area (Å²) in [6, 6.07) is 7.71. The van der Waals surface area contributed by atoms with Gasteiger partial charge in [-0.1, -0.05) is 26.0 Å². The van der Waals surface area contributed by atoms with Gasteiger partial charge in [-0.3, -0.25) is 0 Å². The van der Waals surface area contributed by atoms with Gasteiger partial charge in [0.05, 0.1) is 13.2 Å². The Bertz CT molecular complexity index is 525. The Kier molecular flexibility index (Phi) is 6.66. The first-order valence-electron chi connectivity index (χ1n) is 8.37. The summed E-state index contributed by atoms with van der Waals surface area (Å²) in [5, 5.41) is 0. The fourth-order valence-electron chi connectivity index (χ4n) is 2.45. The number of hydrogen-bond donors (Lipinski definition) is 0. The van der Waals surface area contributed by atoms with E-state index in [1.54, 1.807) is 0 Å². The van der Waals surface area contributed by atoms with E-state index in [9.17, 15) is 4.79 Å². The molecule has 0 bridgehead atoms. The van der Waals surface area contributed by atoms with Crippen molar-refractivity contribution in [3.05, 3.63) is 35.4 Å². The molecule has 1 aliphatic heterocycles. The Hall–Kier alpha value is -1.81. The topological polar surface area (TPSA) is 44.8 Å². The van der Waals surface area contributed by atoms with Gasteiger partial charge in [-0.15, -0.1) is 0 Å². The summed E-state index contributed by atoms with van der Waals surface area (Å²) in [4.78, 5) is 12.0. The molecular weight excluding hydrogens is 292 g/mol. The molecule has 0 N–H and O–H groups in total. The molecule has 1 aliphatic rings. The van der Waals surface area contributed by atoms with Crippen LogP contribution in [0, 0.1) is 5.92 Å². The van der Waals surface area contributed by atoms with Crippen LogP contribution in [0.1, 0.15) is 45.6 Å². The molecule has 4 heteroatoms. The van der Waals surface area contributed by atoms with Crippen molar-refractivity contribution in [2.24, 2.45) is 5.92 Å². The van der Waals surface area contributed by atoms with Crippen LogP contribution in [-0.4, -0.2) is 25.5 Å². The molecule has 1 unspecified atom stereocenters. The predicted molar refractivity (Wildman–Crippen MR) is 90.1 cm³/mol. The monoisotopic (exact) mass is 318 g/mol. The molecule has 0 aromatic heterocycles. The van der Waals surface area contributed by atoms with Crippen LogP contribution in [0.3, 0.4) is 0 Å². The van der Waals surface area contributed by atoms with E-state index >= 15 is 0 Å². The average Bonchev–Trinajstić information content (AvgIpc) is 2.55. The van der Waals surface area contributed by atoms with Gasteiger partial charge in [0.1, 0.15) is 5.75 Å². The molecule has 0 amide bonds. The number of benzene rings is 1. The van der Waals surface area contributed by atoms with E-state index < -0.39 is 0 Å². The summed E-state index contributed by atoms with van der Waals surface area (Å²) in [6.45, 7) is 6.94. The van der Waals surface area contributed by atoms with E-state index in [0.29, 0.717) is 12.2 Å².